The number of carbonyl (C=O) groups is 1. The minimum absolute atomic E-state index is 0.353. The molecule has 3 rings (SSSR count). The predicted molar refractivity (Wildman–Crippen MR) is 115 cm³/mol. The Bertz CT molecular complexity index is 815. The molecule has 0 amide bonds. The van der Waals surface area contributed by atoms with Crippen LogP contribution in [0.4, 0.5) is 0 Å². The summed E-state index contributed by atoms with van der Waals surface area (Å²) in [6.07, 6.45) is 0.987. The molecule has 146 valence electrons. The van der Waals surface area contributed by atoms with Gasteiger partial charge < -0.3 is 10.8 Å². The summed E-state index contributed by atoms with van der Waals surface area (Å²) < 4.78 is 12.3. The topological polar surface area (TPSA) is 80.4 Å². The van der Waals surface area contributed by atoms with Crippen molar-refractivity contribution in [2.24, 2.45) is 5.73 Å². The van der Waals surface area contributed by atoms with Crippen LogP contribution in [0.3, 0.4) is 0 Å². The molecule has 28 heavy (non-hydrogen) atoms. The highest BCUT2D eigenvalue weighted by Crippen LogP contribution is 2.28. The molecule has 0 fully saturated rings. The van der Waals surface area contributed by atoms with Gasteiger partial charge in [-0.1, -0.05) is 91.0 Å². The summed E-state index contributed by atoms with van der Waals surface area (Å²) in [5.41, 5.74) is 8.42. The second-order valence-corrected chi connectivity index (χ2v) is 7.67. The van der Waals surface area contributed by atoms with E-state index in [0.29, 0.717) is 0 Å². The van der Waals surface area contributed by atoms with Crippen LogP contribution in [-0.2, 0) is 22.0 Å². The molecule has 0 bridgehead atoms. The Morgan fingerprint density at radius 2 is 1.25 bits per heavy atom. The van der Waals surface area contributed by atoms with E-state index in [9.17, 15) is 9.00 Å². The molecule has 0 aliphatic rings. The van der Waals surface area contributed by atoms with Crippen molar-refractivity contribution in [2.45, 2.75) is 11.7 Å². The number of benzene rings is 3. The van der Waals surface area contributed by atoms with Crippen LogP contribution in [0.25, 0.3) is 0 Å². The quantitative estimate of drug-likeness (QED) is 0.638. The highest BCUT2D eigenvalue weighted by molar-refractivity contribution is 7.86. The second kappa shape index (κ2) is 11.8. The van der Waals surface area contributed by atoms with Crippen molar-refractivity contribution in [1.82, 2.24) is 0 Å². The van der Waals surface area contributed by atoms with Gasteiger partial charge in [0.2, 0.25) is 0 Å². The molecular formula is C23H25NO3S. The van der Waals surface area contributed by atoms with Gasteiger partial charge in [0.25, 0.3) is 0 Å². The normalized spacial score (nSPS) is 11.4. The monoisotopic (exact) mass is 395 g/mol. The Morgan fingerprint density at radius 1 is 0.821 bits per heavy atom. The van der Waals surface area contributed by atoms with Crippen molar-refractivity contribution in [3.8, 4) is 0 Å². The first-order valence-corrected chi connectivity index (χ1v) is 10.4. The lowest BCUT2D eigenvalue weighted by atomic mass is 10.0. The Labute approximate surface area is 168 Å². The van der Waals surface area contributed by atoms with E-state index in [1.54, 1.807) is 0 Å². The highest BCUT2D eigenvalue weighted by atomic mass is 32.2. The Morgan fingerprint density at radius 3 is 1.64 bits per heavy atom. The third-order valence-electron chi connectivity index (χ3n) is 4.01. The molecule has 5 heteroatoms. The molecule has 0 spiro atoms. The maximum absolute atomic E-state index is 12.3. The zero-order valence-electron chi connectivity index (χ0n) is 15.6. The van der Waals surface area contributed by atoms with Gasteiger partial charge in [-0.05, 0) is 29.7 Å². The van der Waals surface area contributed by atoms with Gasteiger partial charge in [0.05, 0.1) is 5.25 Å². The largest absolute Gasteiger partial charge is 0.481 e. The Hall–Kier alpha value is -2.76. The lowest BCUT2D eigenvalue weighted by Gasteiger charge is -2.16. The van der Waals surface area contributed by atoms with Gasteiger partial charge in [-0.15, -0.1) is 0 Å². The van der Waals surface area contributed by atoms with Crippen molar-refractivity contribution in [2.75, 3.05) is 12.3 Å². The molecule has 0 aromatic heterocycles. The molecule has 3 N–H and O–H groups in total. The molecule has 0 saturated heterocycles. The van der Waals surface area contributed by atoms with E-state index in [1.165, 1.54) is 5.56 Å². The first-order valence-electron chi connectivity index (χ1n) is 9.04. The number of rotatable bonds is 7. The third kappa shape index (κ3) is 7.10. The van der Waals surface area contributed by atoms with Crippen molar-refractivity contribution < 1.29 is 14.1 Å². The zero-order chi connectivity index (χ0) is 20.2. The Kier molecular flexibility index (Phi) is 9.11. The summed E-state index contributed by atoms with van der Waals surface area (Å²) in [6.45, 7) is 0.740. The summed E-state index contributed by atoms with van der Waals surface area (Å²) in [7, 11) is -1.49. The maximum atomic E-state index is 12.3. The summed E-state index contributed by atoms with van der Waals surface area (Å²) in [6, 6.07) is 29.0. The van der Waals surface area contributed by atoms with Crippen LogP contribution in [0.15, 0.2) is 91.0 Å². The van der Waals surface area contributed by atoms with Gasteiger partial charge in [-0.25, -0.2) is 0 Å². The maximum Gasteiger partial charge on any atom is 0.316 e. The van der Waals surface area contributed by atoms with Gasteiger partial charge in [0, 0.05) is 10.8 Å². The van der Waals surface area contributed by atoms with Crippen LogP contribution in [0.2, 0.25) is 0 Å². The molecule has 0 aliphatic carbocycles. The second-order valence-electron chi connectivity index (χ2n) is 6.14. The van der Waals surface area contributed by atoms with Crippen LogP contribution in [-0.4, -0.2) is 27.6 Å². The van der Waals surface area contributed by atoms with E-state index >= 15 is 0 Å². The smallest absolute Gasteiger partial charge is 0.316 e. The van der Waals surface area contributed by atoms with Crippen LogP contribution in [0.1, 0.15) is 21.9 Å². The third-order valence-corrected chi connectivity index (χ3v) is 5.61. The average Bonchev–Trinajstić information content (AvgIpc) is 2.71. The zero-order valence-corrected chi connectivity index (χ0v) is 16.4. The van der Waals surface area contributed by atoms with Crippen LogP contribution < -0.4 is 5.73 Å². The van der Waals surface area contributed by atoms with E-state index < -0.39 is 22.0 Å². The molecule has 0 aliphatic heterocycles. The summed E-state index contributed by atoms with van der Waals surface area (Å²) in [5.74, 6) is -1.40. The number of hydrogen-bond donors (Lipinski definition) is 2. The molecule has 3 aromatic carbocycles. The summed E-state index contributed by atoms with van der Waals surface area (Å²) in [5, 5.41) is 8.43. The summed E-state index contributed by atoms with van der Waals surface area (Å²) >= 11 is 0. The first kappa shape index (κ1) is 21.5. The van der Waals surface area contributed by atoms with Gasteiger partial charge in [0.15, 0.2) is 0 Å². The molecule has 1 atom stereocenters. The molecule has 0 heterocycles. The molecule has 0 radical (unpaired) electrons. The van der Waals surface area contributed by atoms with Crippen LogP contribution >= 0.6 is 0 Å². The van der Waals surface area contributed by atoms with E-state index in [2.05, 4.69) is 12.1 Å². The minimum Gasteiger partial charge on any atom is -0.481 e. The molecule has 4 nitrogen and oxygen atoms in total. The van der Waals surface area contributed by atoms with Crippen LogP contribution in [0, 0.1) is 0 Å². The van der Waals surface area contributed by atoms with E-state index in [-0.39, 0.29) is 5.75 Å². The van der Waals surface area contributed by atoms with E-state index in [4.69, 9.17) is 10.8 Å². The number of carboxylic acid groups (broad SMARTS) is 1. The van der Waals surface area contributed by atoms with Gasteiger partial charge in [-0.3, -0.25) is 9.00 Å². The molecule has 0 saturated carbocycles. The lowest BCUT2D eigenvalue weighted by molar-refractivity contribution is -0.133. The standard InChI is InChI=1S/C15H14O3S.C8H11N/c16-14(17)11-19(18)15(12-7-3-1-4-8-12)13-9-5-2-6-10-13;9-7-6-8-4-2-1-3-5-8/h1-10,15H,11H2,(H,16,17);1-5H,6-7,9H2. The van der Waals surface area contributed by atoms with Gasteiger partial charge in [-0.2, -0.15) is 0 Å². The fourth-order valence-electron chi connectivity index (χ4n) is 2.77. The van der Waals surface area contributed by atoms with Crippen molar-refractivity contribution in [3.05, 3.63) is 108 Å². The fraction of sp³-hybridized carbons (Fsp3) is 0.174. The minimum atomic E-state index is -1.49. The highest BCUT2D eigenvalue weighted by Gasteiger charge is 2.22. The molecular weight excluding hydrogens is 370 g/mol. The van der Waals surface area contributed by atoms with E-state index in [0.717, 1.165) is 24.1 Å². The Balaban J connectivity index is 0.000000261. The molecule has 1 unspecified atom stereocenters. The summed E-state index contributed by atoms with van der Waals surface area (Å²) in [4.78, 5) is 10.8. The van der Waals surface area contributed by atoms with Gasteiger partial charge in [0.1, 0.15) is 5.75 Å². The van der Waals surface area contributed by atoms with Crippen molar-refractivity contribution in [1.29, 1.82) is 0 Å². The van der Waals surface area contributed by atoms with Gasteiger partial charge >= 0.3 is 5.97 Å². The average molecular weight is 396 g/mol. The SMILES string of the molecule is NCCc1ccccc1.O=C(O)CS(=O)C(c1ccccc1)c1ccccc1. The van der Waals surface area contributed by atoms with Crippen molar-refractivity contribution >= 4 is 16.8 Å². The first-order chi connectivity index (χ1) is 13.6. The lowest BCUT2D eigenvalue weighted by Crippen LogP contribution is -2.17. The number of nitrogens with two attached hydrogens (primary N) is 1. The van der Waals surface area contributed by atoms with Crippen molar-refractivity contribution in [3.63, 3.8) is 0 Å². The number of aliphatic carboxylic acids is 1. The predicted octanol–water partition coefficient (Wildman–Crippen LogP) is 3.80. The molecule has 3 aromatic rings. The fourth-order valence-corrected chi connectivity index (χ4v) is 4.10. The number of hydrogen-bond acceptors (Lipinski definition) is 3. The van der Waals surface area contributed by atoms with Crippen LogP contribution in [0.5, 0.6) is 0 Å². The number of carboxylic acids is 1. The van der Waals surface area contributed by atoms with E-state index in [1.807, 2.05) is 78.9 Å².